The molecule has 0 amide bonds. The summed E-state index contributed by atoms with van der Waals surface area (Å²) in [7, 11) is 3.31. The lowest BCUT2D eigenvalue weighted by Crippen LogP contribution is -2.23. The van der Waals surface area contributed by atoms with Crippen molar-refractivity contribution < 1.29 is 9.53 Å². The Kier molecular flexibility index (Phi) is 4.19. The van der Waals surface area contributed by atoms with Crippen LogP contribution in [0.4, 0.5) is 11.6 Å². The fourth-order valence-electron chi connectivity index (χ4n) is 1.73. The molecular formula is C13H20N4O2. The Bertz CT molecular complexity index is 460. The molecule has 1 fully saturated rings. The highest BCUT2D eigenvalue weighted by atomic mass is 16.5. The minimum absolute atomic E-state index is 0.214. The average molecular weight is 264 g/mol. The van der Waals surface area contributed by atoms with Crippen LogP contribution in [-0.4, -0.2) is 42.7 Å². The maximum absolute atomic E-state index is 11.1. The zero-order valence-electron chi connectivity index (χ0n) is 11.6. The van der Waals surface area contributed by atoms with E-state index in [2.05, 4.69) is 20.0 Å². The number of aromatic nitrogens is 2. The summed E-state index contributed by atoms with van der Waals surface area (Å²) in [4.78, 5) is 21.8. The zero-order valence-corrected chi connectivity index (χ0v) is 11.6. The second-order valence-electron chi connectivity index (χ2n) is 4.82. The molecule has 1 heterocycles. The van der Waals surface area contributed by atoms with Crippen molar-refractivity contribution in [2.75, 3.05) is 30.9 Å². The van der Waals surface area contributed by atoms with Crippen molar-refractivity contribution in [2.24, 2.45) is 0 Å². The zero-order chi connectivity index (χ0) is 13.8. The third-order valence-electron chi connectivity index (χ3n) is 3.02. The van der Waals surface area contributed by atoms with Crippen LogP contribution in [0.1, 0.15) is 25.1 Å². The molecule has 0 bridgehead atoms. The molecule has 0 radical (unpaired) electrons. The monoisotopic (exact) mass is 264 g/mol. The minimum atomic E-state index is -0.214. The van der Waals surface area contributed by atoms with Crippen LogP contribution in [0.2, 0.25) is 0 Å². The van der Waals surface area contributed by atoms with Crippen LogP contribution in [0, 0.1) is 6.92 Å². The van der Waals surface area contributed by atoms with Crippen molar-refractivity contribution in [1.29, 1.82) is 0 Å². The van der Waals surface area contributed by atoms with Gasteiger partial charge in [-0.25, -0.2) is 9.97 Å². The van der Waals surface area contributed by atoms with Crippen LogP contribution < -0.4 is 10.2 Å². The fraction of sp³-hybridized carbons (Fsp3) is 0.615. The molecule has 0 spiro atoms. The number of hydrogen-bond acceptors (Lipinski definition) is 6. The Morgan fingerprint density at radius 3 is 2.89 bits per heavy atom. The molecule has 1 aliphatic carbocycles. The van der Waals surface area contributed by atoms with Gasteiger partial charge in [0.1, 0.15) is 17.5 Å². The van der Waals surface area contributed by atoms with E-state index < -0.39 is 0 Å². The molecule has 19 heavy (non-hydrogen) atoms. The molecule has 0 aromatic carbocycles. The first kappa shape index (κ1) is 13.6. The van der Waals surface area contributed by atoms with Crippen molar-refractivity contribution in [3.63, 3.8) is 0 Å². The molecule has 1 N–H and O–H groups in total. The summed E-state index contributed by atoms with van der Waals surface area (Å²) in [6.45, 7) is 2.45. The van der Waals surface area contributed by atoms with Gasteiger partial charge in [-0.05, 0) is 19.8 Å². The number of carbonyl (C=O) groups is 1. The summed E-state index contributed by atoms with van der Waals surface area (Å²) in [5.74, 6) is 2.19. The lowest BCUT2D eigenvalue weighted by molar-refractivity contribution is -0.140. The summed E-state index contributed by atoms with van der Waals surface area (Å²) in [5.41, 5.74) is 0. The van der Waals surface area contributed by atoms with Crippen LogP contribution in [0.5, 0.6) is 0 Å². The van der Waals surface area contributed by atoms with Gasteiger partial charge in [0.15, 0.2) is 0 Å². The smallest absolute Gasteiger partial charge is 0.307 e. The van der Waals surface area contributed by atoms with Crippen LogP contribution in [0.25, 0.3) is 0 Å². The SMILES string of the molecule is COC(=O)CCN(C)c1cc(NC2CC2)nc(C)n1. The molecule has 0 unspecified atom stereocenters. The van der Waals surface area contributed by atoms with Gasteiger partial charge in [0, 0.05) is 25.7 Å². The van der Waals surface area contributed by atoms with Crippen molar-refractivity contribution >= 4 is 17.6 Å². The summed E-state index contributed by atoms with van der Waals surface area (Å²) in [6, 6.07) is 2.48. The first-order valence-electron chi connectivity index (χ1n) is 6.48. The lowest BCUT2D eigenvalue weighted by atomic mass is 10.3. The third-order valence-corrected chi connectivity index (χ3v) is 3.02. The Labute approximate surface area is 113 Å². The number of methoxy groups -OCH3 is 1. The highest BCUT2D eigenvalue weighted by Crippen LogP contribution is 2.25. The normalized spacial score (nSPS) is 14.1. The van der Waals surface area contributed by atoms with Gasteiger partial charge in [0.2, 0.25) is 0 Å². The molecule has 0 aliphatic heterocycles. The van der Waals surface area contributed by atoms with Crippen LogP contribution >= 0.6 is 0 Å². The lowest BCUT2D eigenvalue weighted by Gasteiger charge is -2.18. The van der Waals surface area contributed by atoms with Gasteiger partial charge in [0.05, 0.1) is 13.5 Å². The van der Waals surface area contributed by atoms with E-state index in [1.807, 2.05) is 24.9 Å². The van der Waals surface area contributed by atoms with E-state index in [1.54, 1.807) is 0 Å². The third kappa shape index (κ3) is 4.08. The van der Waals surface area contributed by atoms with Crippen molar-refractivity contribution in [3.8, 4) is 0 Å². The maximum atomic E-state index is 11.1. The molecule has 0 saturated heterocycles. The Balaban J connectivity index is 2.00. The molecule has 1 aliphatic rings. The quantitative estimate of drug-likeness (QED) is 0.782. The second-order valence-corrected chi connectivity index (χ2v) is 4.82. The number of anilines is 2. The van der Waals surface area contributed by atoms with Gasteiger partial charge < -0.3 is 15.0 Å². The maximum Gasteiger partial charge on any atom is 0.307 e. The molecule has 6 nitrogen and oxygen atoms in total. The fourth-order valence-corrected chi connectivity index (χ4v) is 1.73. The van der Waals surface area contributed by atoms with Crippen LogP contribution in [0.3, 0.4) is 0 Å². The molecule has 0 atom stereocenters. The van der Waals surface area contributed by atoms with E-state index in [0.717, 1.165) is 17.5 Å². The number of rotatable bonds is 6. The standard InChI is InChI=1S/C13H20N4O2/c1-9-14-11(16-10-4-5-10)8-12(15-9)17(2)7-6-13(18)19-3/h8,10H,4-7H2,1-3H3,(H,14,15,16). The Morgan fingerprint density at radius 1 is 1.53 bits per heavy atom. The van der Waals surface area contributed by atoms with Crippen LogP contribution in [0.15, 0.2) is 6.07 Å². The highest BCUT2D eigenvalue weighted by molar-refractivity contribution is 5.70. The Morgan fingerprint density at radius 2 is 2.26 bits per heavy atom. The van der Waals surface area contributed by atoms with E-state index >= 15 is 0 Å². The number of carbonyl (C=O) groups excluding carboxylic acids is 1. The number of aryl methyl sites for hydroxylation is 1. The predicted octanol–water partition coefficient (Wildman–Crippen LogP) is 1.36. The topological polar surface area (TPSA) is 67.3 Å². The summed E-state index contributed by atoms with van der Waals surface area (Å²) >= 11 is 0. The average Bonchev–Trinajstić information content (AvgIpc) is 3.18. The predicted molar refractivity (Wildman–Crippen MR) is 73.3 cm³/mol. The molecule has 1 saturated carbocycles. The highest BCUT2D eigenvalue weighted by Gasteiger charge is 2.21. The van der Waals surface area contributed by atoms with E-state index in [1.165, 1.54) is 20.0 Å². The number of nitrogens with zero attached hydrogens (tertiary/aromatic N) is 3. The van der Waals surface area contributed by atoms with Crippen molar-refractivity contribution in [3.05, 3.63) is 11.9 Å². The molecule has 1 aromatic heterocycles. The van der Waals surface area contributed by atoms with Crippen molar-refractivity contribution in [2.45, 2.75) is 32.2 Å². The van der Waals surface area contributed by atoms with Gasteiger partial charge in [-0.3, -0.25) is 4.79 Å². The molecule has 1 aromatic rings. The van der Waals surface area contributed by atoms with Gasteiger partial charge in [-0.2, -0.15) is 0 Å². The van der Waals surface area contributed by atoms with E-state index in [4.69, 9.17) is 0 Å². The first-order chi connectivity index (χ1) is 9.08. The summed E-state index contributed by atoms with van der Waals surface area (Å²) < 4.78 is 4.63. The molecule has 104 valence electrons. The van der Waals surface area contributed by atoms with E-state index in [9.17, 15) is 4.79 Å². The first-order valence-corrected chi connectivity index (χ1v) is 6.48. The minimum Gasteiger partial charge on any atom is -0.469 e. The summed E-state index contributed by atoms with van der Waals surface area (Å²) in [5, 5.41) is 3.36. The van der Waals surface area contributed by atoms with Gasteiger partial charge in [0.25, 0.3) is 0 Å². The number of nitrogens with one attached hydrogen (secondary N) is 1. The molecular weight excluding hydrogens is 244 g/mol. The van der Waals surface area contributed by atoms with Gasteiger partial charge in [-0.1, -0.05) is 0 Å². The number of esters is 1. The van der Waals surface area contributed by atoms with Gasteiger partial charge in [-0.15, -0.1) is 0 Å². The summed E-state index contributed by atoms with van der Waals surface area (Å²) in [6.07, 6.45) is 2.76. The van der Waals surface area contributed by atoms with Gasteiger partial charge >= 0.3 is 5.97 Å². The molecule has 2 rings (SSSR count). The van der Waals surface area contributed by atoms with Crippen molar-refractivity contribution in [1.82, 2.24) is 9.97 Å². The largest absolute Gasteiger partial charge is 0.469 e. The second kappa shape index (κ2) is 5.86. The molecule has 6 heteroatoms. The number of ether oxygens (including phenoxy) is 1. The van der Waals surface area contributed by atoms with E-state index in [0.29, 0.717) is 19.0 Å². The number of hydrogen-bond donors (Lipinski definition) is 1. The Hall–Kier alpha value is -1.85. The van der Waals surface area contributed by atoms with E-state index in [-0.39, 0.29) is 5.97 Å². The van der Waals surface area contributed by atoms with Crippen LogP contribution in [-0.2, 0) is 9.53 Å².